The van der Waals surface area contributed by atoms with E-state index in [2.05, 4.69) is 20.8 Å². The quantitative estimate of drug-likeness (QED) is 0.569. The molecule has 8 atom stereocenters. The van der Waals surface area contributed by atoms with Crippen LogP contribution in [0.25, 0.3) is 0 Å². The van der Waals surface area contributed by atoms with E-state index in [4.69, 9.17) is 4.74 Å². The number of ether oxygens (including phenoxy) is 1. The molecular weight excluding hydrogens is 256 g/mol. The number of hydrogen-bond acceptors (Lipinski definition) is 1. The molecule has 0 aromatic carbocycles. The maximum absolute atomic E-state index is 6.20. The highest BCUT2D eigenvalue weighted by Gasteiger charge is 2.70. The summed E-state index contributed by atoms with van der Waals surface area (Å²) in [6, 6.07) is 0. The Hall–Kier alpha value is -0.0400. The van der Waals surface area contributed by atoms with E-state index in [1.807, 2.05) is 0 Å². The first kappa shape index (κ1) is 13.4. The molecule has 0 bridgehead atoms. The summed E-state index contributed by atoms with van der Waals surface area (Å²) in [6.45, 7) is 8.96. The zero-order valence-corrected chi connectivity index (χ0v) is 14.2. The van der Waals surface area contributed by atoms with Gasteiger partial charge in [0.05, 0.1) is 12.2 Å². The Morgan fingerprint density at radius 2 is 1.71 bits per heavy atom. The molecular formula is C20H32O. The van der Waals surface area contributed by atoms with Crippen LogP contribution in [-0.4, -0.2) is 12.2 Å². The average molecular weight is 288 g/mol. The normalized spacial score (nSPS) is 65.0. The largest absolute Gasteiger partial charge is 0.369 e. The van der Waals surface area contributed by atoms with Crippen LogP contribution in [-0.2, 0) is 4.74 Å². The Kier molecular flexibility index (Phi) is 2.48. The molecule has 0 aromatic heterocycles. The van der Waals surface area contributed by atoms with Gasteiger partial charge in [-0.05, 0) is 78.9 Å². The predicted molar refractivity (Wildman–Crippen MR) is 85.0 cm³/mol. The Morgan fingerprint density at radius 1 is 0.952 bits per heavy atom. The van der Waals surface area contributed by atoms with Crippen molar-refractivity contribution >= 4 is 0 Å². The van der Waals surface area contributed by atoms with E-state index in [0.717, 1.165) is 36.2 Å². The molecule has 4 aliphatic carbocycles. The molecule has 1 aliphatic heterocycles. The molecule has 118 valence electrons. The maximum atomic E-state index is 6.20. The van der Waals surface area contributed by atoms with Crippen LogP contribution < -0.4 is 0 Å². The molecule has 4 saturated carbocycles. The minimum atomic E-state index is 0.337. The molecule has 0 N–H and O–H groups in total. The van der Waals surface area contributed by atoms with Crippen molar-refractivity contribution in [1.82, 2.24) is 0 Å². The molecule has 1 nitrogen and oxygen atoms in total. The minimum Gasteiger partial charge on any atom is -0.369 e. The molecule has 21 heavy (non-hydrogen) atoms. The first-order valence-corrected chi connectivity index (χ1v) is 9.62. The molecule has 0 amide bonds. The zero-order chi connectivity index (χ0) is 14.5. The van der Waals surface area contributed by atoms with Gasteiger partial charge in [-0.15, -0.1) is 0 Å². The fraction of sp³-hybridized carbons (Fsp3) is 1.00. The number of hydrogen-bond donors (Lipinski definition) is 0. The Balaban J connectivity index is 1.64. The van der Waals surface area contributed by atoms with Crippen molar-refractivity contribution in [3.63, 3.8) is 0 Å². The van der Waals surface area contributed by atoms with Gasteiger partial charge < -0.3 is 4.74 Å². The van der Waals surface area contributed by atoms with Crippen molar-refractivity contribution in [1.29, 1.82) is 0 Å². The van der Waals surface area contributed by atoms with Gasteiger partial charge in [-0.25, -0.2) is 0 Å². The number of fused-ring (bicyclic) bond motifs is 1. The SMILES string of the molecule is CC1CCC2C3C1CCC1(C)CCCC(C)(CC24CO4)C31. The van der Waals surface area contributed by atoms with Crippen molar-refractivity contribution < 1.29 is 4.74 Å². The zero-order valence-electron chi connectivity index (χ0n) is 14.2. The molecule has 5 rings (SSSR count). The fourth-order valence-corrected chi connectivity index (χ4v) is 8.27. The molecule has 1 spiro atoms. The van der Waals surface area contributed by atoms with E-state index in [9.17, 15) is 0 Å². The van der Waals surface area contributed by atoms with Crippen molar-refractivity contribution in [2.45, 2.75) is 77.7 Å². The van der Waals surface area contributed by atoms with Crippen molar-refractivity contribution in [2.24, 2.45) is 40.4 Å². The lowest BCUT2D eigenvalue weighted by Gasteiger charge is -2.67. The number of rotatable bonds is 0. The van der Waals surface area contributed by atoms with Crippen molar-refractivity contribution in [2.75, 3.05) is 6.61 Å². The third kappa shape index (κ3) is 1.57. The van der Waals surface area contributed by atoms with E-state index in [1.54, 1.807) is 0 Å². The fourth-order valence-electron chi connectivity index (χ4n) is 8.27. The lowest BCUT2D eigenvalue weighted by Crippen LogP contribution is -2.63. The monoisotopic (exact) mass is 288 g/mol. The van der Waals surface area contributed by atoms with E-state index in [1.165, 1.54) is 51.4 Å². The van der Waals surface area contributed by atoms with Crippen molar-refractivity contribution in [3.05, 3.63) is 0 Å². The second kappa shape index (κ2) is 3.89. The van der Waals surface area contributed by atoms with E-state index >= 15 is 0 Å². The van der Waals surface area contributed by atoms with Crippen LogP contribution in [0.2, 0.25) is 0 Å². The average Bonchev–Trinajstić information content (AvgIpc) is 3.17. The second-order valence-corrected chi connectivity index (χ2v) is 10.1. The van der Waals surface area contributed by atoms with Crippen LogP contribution in [0, 0.1) is 40.4 Å². The van der Waals surface area contributed by atoms with Gasteiger partial charge >= 0.3 is 0 Å². The molecule has 5 fully saturated rings. The molecule has 1 heteroatoms. The Morgan fingerprint density at radius 3 is 2.48 bits per heavy atom. The highest BCUT2D eigenvalue weighted by atomic mass is 16.6. The molecule has 5 aliphatic rings. The van der Waals surface area contributed by atoms with E-state index in [-0.39, 0.29) is 0 Å². The van der Waals surface area contributed by atoms with Crippen molar-refractivity contribution in [3.8, 4) is 0 Å². The smallest absolute Gasteiger partial charge is 0.0952 e. The summed E-state index contributed by atoms with van der Waals surface area (Å²) < 4.78 is 6.20. The van der Waals surface area contributed by atoms with Crippen LogP contribution >= 0.6 is 0 Å². The second-order valence-electron chi connectivity index (χ2n) is 10.1. The summed E-state index contributed by atoms with van der Waals surface area (Å²) in [5.41, 5.74) is 1.57. The van der Waals surface area contributed by atoms with E-state index < -0.39 is 0 Å². The lowest BCUT2D eigenvalue weighted by molar-refractivity contribution is -0.194. The van der Waals surface area contributed by atoms with Gasteiger partial charge in [0.2, 0.25) is 0 Å². The standard InChI is InChI=1S/C20H32O/c1-13-5-6-15-16-14(13)7-10-18(2)8-4-9-19(3,17(16)18)11-20(15)12-21-20/h13-17H,4-12H2,1-3H3. The van der Waals surface area contributed by atoms with Gasteiger partial charge in [0.15, 0.2) is 0 Å². The van der Waals surface area contributed by atoms with Crippen LogP contribution in [0.3, 0.4) is 0 Å². The first-order chi connectivity index (χ1) is 9.98. The van der Waals surface area contributed by atoms with Gasteiger partial charge in [-0.3, -0.25) is 0 Å². The van der Waals surface area contributed by atoms with Gasteiger partial charge in [0.25, 0.3) is 0 Å². The summed E-state index contributed by atoms with van der Waals surface area (Å²) in [7, 11) is 0. The molecule has 0 aromatic rings. The maximum Gasteiger partial charge on any atom is 0.0952 e. The molecule has 0 radical (unpaired) electrons. The molecule has 1 heterocycles. The van der Waals surface area contributed by atoms with Crippen LogP contribution in [0.1, 0.15) is 72.1 Å². The van der Waals surface area contributed by atoms with Gasteiger partial charge in [0, 0.05) is 0 Å². The predicted octanol–water partition coefficient (Wildman–Crippen LogP) is 5.04. The summed E-state index contributed by atoms with van der Waals surface area (Å²) in [5.74, 6) is 4.89. The molecule has 8 unspecified atom stereocenters. The van der Waals surface area contributed by atoms with Gasteiger partial charge in [-0.1, -0.05) is 33.6 Å². The molecule has 1 saturated heterocycles. The minimum absolute atomic E-state index is 0.337. The summed E-state index contributed by atoms with van der Waals surface area (Å²) in [5, 5.41) is 0. The topological polar surface area (TPSA) is 12.5 Å². The Labute approximate surface area is 130 Å². The third-order valence-corrected chi connectivity index (χ3v) is 8.95. The van der Waals surface area contributed by atoms with Gasteiger partial charge in [-0.2, -0.15) is 0 Å². The highest BCUT2D eigenvalue weighted by molar-refractivity contribution is 5.19. The Bertz CT molecular complexity index is 466. The third-order valence-electron chi connectivity index (χ3n) is 8.95. The summed E-state index contributed by atoms with van der Waals surface area (Å²) >= 11 is 0. The lowest BCUT2D eigenvalue weighted by atomic mass is 9.37. The first-order valence-electron chi connectivity index (χ1n) is 9.62. The number of epoxide rings is 1. The summed E-state index contributed by atoms with van der Waals surface area (Å²) in [4.78, 5) is 0. The summed E-state index contributed by atoms with van der Waals surface area (Å²) in [6.07, 6.45) is 11.8. The van der Waals surface area contributed by atoms with Crippen LogP contribution in [0.5, 0.6) is 0 Å². The van der Waals surface area contributed by atoms with E-state index in [0.29, 0.717) is 16.4 Å². The van der Waals surface area contributed by atoms with Crippen LogP contribution in [0.4, 0.5) is 0 Å². The van der Waals surface area contributed by atoms with Gasteiger partial charge in [0.1, 0.15) is 0 Å². The van der Waals surface area contributed by atoms with Crippen LogP contribution in [0.15, 0.2) is 0 Å². The highest BCUT2D eigenvalue weighted by Crippen LogP contribution is 2.73.